The summed E-state index contributed by atoms with van der Waals surface area (Å²) in [6.45, 7) is 6.06. The molecule has 0 N–H and O–H groups in total. The molecule has 0 bridgehead atoms. The summed E-state index contributed by atoms with van der Waals surface area (Å²) >= 11 is 0. The molecule has 21 heavy (non-hydrogen) atoms. The SMILES string of the molecule is CC(C(=O)N1CCCCC1)N1CCC(c2ccccc2)C1. The maximum Gasteiger partial charge on any atom is 0.239 e. The molecular weight excluding hydrogens is 260 g/mol. The van der Waals surface area contributed by atoms with Gasteiger partial charge in [0.15, 0.2) is 0 Å². The van der Waals surface area contributed by atoms with Crippen molar-refractivity contribution in [2.45, 2.75) is 44.6 Å². The van der Waals surface area contributed by atoms with E-state index in [1.807, 2.05) is 0 Å². The fourth-order valence-electron chi connectivity index (χ4n) is 3.67. The monoisotopic (exact) mass is 286 g/mol. The maximum absolute atomic E-state index is 12.6. The van der Waals surface area contributed by atoms with E-state index in [-0.39, 0.29) is 6.04 Å². The van der Waals surface area contributed by atoms with Gasteiger partial charge in [0.2, 0.25) is 5.91 Å². The van der Waals surface area contributed by atoms with Gasteiger partial charge in [-0.05, 0) is 50.6 Å². The lowest BCUT2D eigenvalue weighted by molar-refractivity contribution is -0.136. The van der Waals surface area contributed by atoms with Crippen molar-refractivity contribution < 1.29 is 4.79 Å². The van der Waals surface area contributed by atoms with Gasteiger partial charge in [0, 0.05) is 19.6 Å². The molecule has 3 nitrogen and oxygen atoms in total. The highest BCUT2D eigenvalue weighted by molar-refractivity contribution is 5.81. The fraction of sp³-hybridized carbons (Fsp3) is 0.611. The highest BCUT2D eigenvalue weighted by Crippen LogP contribution is 2.28. The van der Waals surface area contributed by atoms with E-state index in [0.29, 0.717) is 11.8 Å². The number of carbonyl (C=O) groups excluding carboxylic acids is 1. The molecule has 0 saturated carbocycles. The molecule has 2 unspecified atom stereocenters. The van der Waals surface area contributed by atoms with E-state index in [1.165, 1.54) is 31.2 Å². The van der Waals surface area contributed by atoms with Crippen LogP contribution in [0.4, 0.5) is 0 Å². The van der Waals surface area contributed by atoms with Crippen molar-refractivity contribution in [2.24, 2.45) is 0 Å². The average molecular weight is 286 g/mol. The van der Waals surface area contributed by atoms with Crippen LogP contribution in [0.25, 0.3) is 0 Å². The van der Waals surface area contributed by atoms with E-state index < -0.39 is 0 Å². The third kappa shape index (κ3) is 3.29. The van der Waals surface area contributed by atoms with Gasteiger partial charge in [0.1, 0.15) is 0 Å². The van der Waals surface area contributed by atoms with Gasteiger partial charge >= 0.3 is 0 Å². The van der Waals surface area contributed by atoms with Crippen LogP contribution in [0.1, 0.15) is 44.1 Å². The van der Waals surface area contributed by atoms with Crippen molar-refractivity contribution in [1.29, 1.82) is 0 Å². The van der Waals surface area contributed by atoms with Crippen LogP contribution in [-0.4, -0.2) is 47.9 Å². The lowest BCUT2D eigenvalue weighted by atomic mass is 9.99. The standard InChI is InChI=1S/C18H26N2O/c1-15(18(21)19-11-6-3-7-12-19)20-13-10-17(14-20)16-8-4-2-5-9-16/h2,4-5,8-9,15,17H,3,6-7,10-14H2,1H3. The number of carbonyl (C=O) groups is 1. The van der Waals surface area contributed by atoms with Crippen LogP contribution in [0.5, 0.6) is 0 Å². The van der Waals surface area contributed by atoms with E-state index >= 15 is 0 Å². The van der Waals surface area contributed by atoms with Gasteiger partial charge in [-0.25, -0.2) is 0 Å². The second-order valence-electron chi connectivity index (χ2n) is 6.45. The summed E-state index contributed by atoms with van der Waals surface area (Å²) in [5.41, 5.74) is 1.41. The average Bonchev–Trinajstić information content (AvgIpc) is 3.05. The van der Waals surface area contributed by atoms with Crippen LogP contribution in [0.2, 0.25) is 0 Å². The van der Waals surface area contributed by atoms with Crippen LogP contribution in [0, 0.1) is 0 Å². The predicted octanol–water partition coefficient (Wildman–Crippen LogP) is 2.88. The maximum atomic E-state index is 12.6. The summed E-state index contributed by atoms with van der Waals surface area (Å²) in [6.07, 6.45) is 4.79. The van der Waals surface area contributed by atoms with E-state index in [9.17, 15) is 4.79 Å². The summed E-state index contributed by atoms with van der Waals surface area (Å²) in [5.74, 6) is 0.922. The van der Waals surface area contributed by atoms with Gasteiger partial charge in [-0.1, -0.05) is 30.3 Å². The zero-order valence-corrected chi connectivity index (χ0v) is 13.0. The molecule has 1 aromatic carbocycles. The Bertz CT molecular complexity index is 467. The molecule has 0 radical (unpaired) electrons. The minimum absolute atomic E-state index is 0.0387. The van der Waals surface area contributed by atoms with Gasteiger partial charge in [-0.3, -0.25) is 9.69 Å². The van der Waals surface area contributed by atoms with Gasteiger partial charge in [-0.15, -0.1) is 0 Å². The molecule has 2 aliphatic heterocycles. The van der Waals surface area contributed by atoms with Crippen LogP contribution < -0.4 is 0 Å². The Morgan fingerprint density at radius 3 is 2.52 bits per heavy atom. The summed E-state index contributed by atoms with van der Waals surface area (Å²) in [6, 6.07) is 10.8. The molecule has 2 saturated heterocycles. The first-order valence-corrected chi connectivity index (χ1v) is 8.33. The van der Waals surface area contributed by atoms with Crippen molar-refractivity contribution in [3.05, 3.63) is 35.9 Å². The second-order valence-corrected chi connectivity index (χ2v) is 6.45. The summed E-state index contributed by atoms with van der Waals surface area (Å²) in [5, 5.41) is 0. The lowest BCUT2D eigenvalue weighted by Gasteiger charge is -2.32. The first kappa shape index (κ1) is 14.6. The second kappa shape index (κ2) is 6.61. The number of amides is 1. The fourth-order valence-corrected chi connectivity index (χ4v) is 3.67. The molecule has 0 spiro atoms. The Labute approximate surface area is 127 Å². The normalized spacial score (nSPS) is 25.0. The van der Waals surface area contributed by atoms with E-state index in [1.54, 1.807) is 0 Å². The highest BCUT2D eigenvalue weighted by Gasteiger charge is 2.32. The minimum Gasteiger partial charge on any atom is -0.341 e. The van der Waals surface area contributed by atoms with Crippen molar-refractivity contribution in [2.75, 3.05) is 26.2 Å². The largest absolute Gasteiger partial charge is 0.341 e. The molecule has 1 aromatic rings. The summed E-state index contributed by atoms with van der Waals surface area (Å²) < 4.78 is 0. The molecule has 2 fully saturated rings. The minimum atomic E-state index is 0.0387. The van der Waals surface area contributed by atoms with Gasteiger partial charge < -0.3 is 4.90 Å². The number of rotatable bonds is 3. The van der Waals surface area contributed by atoms with E-state index in [2.05, 4.69) is 47.1 Å². The molecule has 3 heteroatoms. The van der Waals surface area contributed by atoms with Gasteiger partial charge in [0.05, 0.1) is 6.04 Å². The number of nitrogens with zero attached hydrogens (tertiary/aromatic N) is 2. The lowest BCUT2D eigenvalue weighted by Crippen LogP contribution is -2.47. The first-order valence-electron chi connectivity index (χ1n) is 8.33. The van der Waals surface area contributed by atoms with Gasteiger partial charge in [0.25, 0.3) is 0 Å². The highest BCUT2D eigenvalue weighted by atomic mass is 16.2. The Hall–Kier alpha value is -1.35. The van der Waals surface area contributed by atoms with Crippen LogP contribution in [0.15, 0.2) is 30.3 Å². The third-order valence-corrected chi connectivity index (χ3v) is 5.06. The molecular formula is C18H26N2O. The smallest absolute Gasteiger partial charge is 0.239 e. The van der Waals surface area contributed by atoms with E-state index in [0.717, 1.165) is 26.2 Å². The third-order valence-electron chi connectivity index (χ3n) is 5.06. The van der Waals surface area contributed by atoms with E-state index in [4.69, 9.17) is 0 Å². The Kier molecular flexibility index (Phi) is 4.59. The molecule has 114 valence electrons. The zero-order chi connectivity index (χ0) is 14.7. The molecule has 0 aliphatic carbocycles. The topological polar surface area (TPSA) is 23.6 Å². The predicted molar refractivity (Wildman–Crippen MR) is 85.3 cm³/mol. The molecule has 2 aliphatic rings. The van der Waals surface area contributed by atoms with Crippen molar-refractivity contribution >= 4 is 5.91 Å². The Balaban J connectivity index is 1.59. The summed E-state index contributed by atoms with van der Waals surface area (Å²) in [4.78, 5) is 17.1. The number of hydrogen-bond donors (Lipinski definition) is 0. The molecule has 1 amide bonds. The molecule has 0 aromatic heterocycles. The van der Waals surface area contributed by atoms with Gasteiger partial charge in [-0.2, -0.15) is 0 Å². The molecule has 2 heterocycles. The number of likely N-dealkylation sites (tertiary alicyclic amines) is 2. The number of hydrogen-bond acceptors (Lipinski definition) is 2. The summed E-state index contributed by atoms with van der Waals surface area (Å²) in [7, 11) is 0. The van der Waals surface area contributed by atoms with Crippen molar-refractivity contribution in [3.8, 4) is 0 Å². The first-order chi connectivity index (χ1) is 10.3. The van der Waals surface area contributed by atoms with Crippen molar-refractivity contribution in [1.82, 2.24) is 9.80 Å². The quantitative estimate of drug-likeness (QED) is 0.853. The van der Waals surface area contributed by atoms with Crippen LogP contribution in [0.3, 0.4) is 0 Å². The Morgan fingerprint density at radius 1 is 1.10 bits per heavy atom. The van der Waals surface area contributed by atoms with Crippen LogP contribution in [-0.2, 0) is 4.79 Å². The Morgan fingerprint density at radius 2 is 1.81 bits per heavy atom. The van der Waals surface area contributed by atoms with Crippen LogP contribution >= 0.6 is 0 Å². The molecule has 2 atom stereocenters. The van der Waals surface area contributed by atoms with Crippen molar-refractivity contribution in [3.63, 3.8) is 0 Å². The number of benzene rings is 1. The number of piperidine rings is 1. The zero-order valence-electron chi connectivity index (χ0n) is 13.0. The molecule has 3 rings (SSSR count).